The molecule has 2 aromatic rings. The van der Waals surface area contributed by atoms with E-state index in [0.29, 0.717) is 49.7 Å². The first-order chi connectivity index (χ1) is 14.8. The number of nitrogens with zero attached hydrogens (tertiary/aromatic N) is 1. The molecule has 1 unspecified atom stereocenters. The Morgan fingerprint density at radius 1 is 1.16 bits per heavy atom. The summed E-state index contributed by atoms with van der Waals surface area (Å²) in [6, 6.07) is 10.3. The van der Waals surface area contributed by atoms with Gasteiger partial charge in [-0.25, -0.2) is 0 Å². The number of ether oxygens (including phenoxy) is 2. The average molecular weight is 436 g/mol. The number of halogens is 3. The molecular formula is C23H27F3N2O3. The van der Waals surface area contributed by atoms with Crippen LogP contribution in [0.3, 0.4) is 0 Å². The van der Waals surface area contributed by atoms with Gasteiger partial charge in [0.1, 0.15) is 0 Å². The summed E-state index contributed by atoms with van der Waals surface area (Å²) in [7, 11) is 1.56. The standard InChI is InChI=1S/C23H27F3N2O3/c1-3-31-20-10-9-16(12-21(20)30-2)14-27-19(15-28-11-5-8-22(28)29)17-6-4-7-18(13-17)23(24,25)26/h4,6-7,9-10,12-13,19,27H,3,5,8,11,14-15H2,1-2H3. The number of carbonyl (C=O) groups is 1. The smallest absolute Gasteiger partial charge is 0.416 e. The molecule has 1 amide bonds. The number of rotatable bonds is 9. The fraction of sp³-hybridized carbons (Fsp3) is 0.435. The fourth-order valence-electron chi connectivity index (χ4n) is 3.67. The quantitative estimate of drug-likeness (QED) is 0.626. The minimum atomic E-state index is -4.42. The molecule has 1 aliphatic heterocycles. The number of hydrogen-bond acceptors (Lipinski definition) is 4. The summed E-state index contributed by atoms with van der Waals surface area (Å²) < 4.78 is 50.6. The van der Waals surface area contributed by atoms with E-state index in [4.69, 9.17) is 9.47 Å². The molecule has 2 aromatic carbocycles. The molecule has 0 aromatic heterocycles. The first-order valence-electron chi connectivity index (χ1n) is 10.3. The van der Waals surface area contributed by atoms with Crippen molar-refractivity contribution in [1.29, 1.82) is 0 Å². The second-order valence-corrected chi connectivity index (χ2v) is 7.42. The number of alkyl halides is 3. The highest BCUT2D eigenvalue weighted by Gasteiger charge is 2.31. The predicted octanol–water partition coefficient (Wildman–Crippen LogP) is 4.57. The van der Waals surface area contributed by atoms with Crippen LogP contribution in [-0.4, -0.2) is 37.6 Å². The molecule has 1 heterocycles. The summed E-state index contributed by atoms with van der Waals surface area (Å²) in [6.45, 7) is 3.72. The number of likely N-dealkylation sites (tertiary alicyclic amines) is 1. The maximum absolute atomic E-state index is 13.2. The van der Waals surface area contributed by atoms with E-state index in [1.165, 1.54) is 6.07 Å². The van der Waals surface area contributed by atoms with Crippen molar-refractivity contribution in [1.82, 2.24) is 10.2 Å². The highest BCUT2D eigenvalue weighted by atomic mass is 19.4. The Labute approximate surface area is 180 Å². The Hall–Kier alpha value is -2.74. The van der Waals surface area contributed by atoms with E-state index < -0.39 is 17.8 Å². The molecule has 1 aliphatic rings. The maximum atomic E-state index is 13.2. The lowest BCUT2D eigenvalue weighted by atomic mass is 10.0. The van der Waals surface area contributed by atoms with E-state index in [-0.39, 0.29) is 5.91 Å². The number of hydrogen-bond donors (Lipinski definition) is 1. The van der Waals surface area contributed by atoms with Crippen LogP contribution in [0.5, 0.6) is 11.5 Å². The summed E-state index contributed by atoms with van der Waals surface area (Å²) >= 11 is 0. The zero-order valence-corrected chi connectivity index (χ0v) is 17.7. The summed E-state index contributed by atoms with van der Waals surface area (Å²) in [4.78, 5) is 13.8. The fourth-order valence-corrected chi connectivity index (χ4v) is 3.67. The van der Waals surface area contributed by atoms with Crippen LogP contribution < -0.4 is 14.8 Å². The minimum absolute atomic E-state index is 0.0292. The lowest BCUT2D eigenvalue weighted by molar-refractivity contribution is -0.137. The number of amides is 1. The summed E-state index contributed by atoms with van der Waals surface area (Å²) in [6.07, 6.45) is -3.18. The van der Waals surface area contributed by atoms with Crippen LogP contribution in [0, 0.1) is 0 Å². The molecule has 0 radical (unpaired) electrons. The molecule has 0 spiro atoms. The topological polar surface area (TPSA) is 50.8 Å². The van der Waals surface area contributed by atoms with Crippen LogP contribution in [0.4, 0.5) is 13.2 Å². The molecule has 8 heteroatoms. The Kier molecular flexibility index (Phi) is 7.43. The molecule has 31 heavy (non-hydrogen) atoms. The molecule has 1 N–H and O–H groups in total. The Bertz CT molecular complexity index is 902. The van der Waals surface area contributed by atoms with E-state index in [0.717, 1.165) is 24.1 Å². The number of benzene rings is 2. The molecule has 1 fully saturated rings. The Balaban J connectivity index is 1.81. The normalized spacial score (nSPS) is 15.3. The second-order valence-electron chi connectivity index (χ2n) is 7.42. The van der Waals surface area contributed by atoms with Gasteiger partial charge >= 0.3 is 6.18 Å². The number of nitrogens with one attached hydrogen (secondary N) is 1. The van der Waals surface area contributed by atoms with Crippen molar-refractivity contribution in [2.75, 3.05) is 26.8 Å². The van der Waals surface area contributed by atoms with E-state index in [1.807, 2.05) is 25.1 Å². The van der Waals surface area contributed by atoms with E-state index in [9.17, 15) is 18.0 Å². The molecule has 0 bridgehead atoms. The number of methoxy groups -OCH3 is 1. The van der Waals surface area contributed by atoms with Crippen molar-refractivity contribution < 1.29 is 27.4 Å². The average Bonchev–Trinajstić information content (AvgIpc) is 3.16. The van der Waals surface area contributed by atoms with Crippen LogP contribution in [0.25, 0.3) is 0 Å². The first-order valence-corrected chi connectivity index (χ1v) is 10.3. The molecule has 1 saturated heterocycles. The van der Waals surface area contributed by atoms with E-state index >= 15 is 0 Å². The minimum Gasteiger partial charge on any atom is -0.493 e. The summed E-state index contributed by atoms with van der Waals surface area (Å²) in [5.74, 6) is 1.25. The molecular weight excluding hydrogens is 409 g/mol. The Morgan fingerprint density at radius 3 is 2.61 bits per heavy atom. The van der Waals surface area contributed by atoms with Gasteiger partial charge in [-0.1, -0.05) is 18.2 Å². The predicted molar refractivity (Wildman–Crippen MR) is 111 cm³/mol. The SMILES string of the molecule is CCOc1ccc(CNC(CN2CCCC2=O)c2cccc(C(F)(F)F)c2)cc1OC. The lowest BCUT2D eigenvalue weighted by Gasteiger charge is -2.26. The molecule has 3 rings (SSSR count). The third-order valence-corrected chi connectivity index (χ3v) is 5.27. The highest BCUT2D eigenvalue weighted by Crippen LogP contribution is 2.32. The van der Waals surface area contributed by atoms with E-state index in [1.54, 1.807) is 18.1 Å². The van der Waals surface area contributed by atoms with Gasteiger partial charge in [-0.3, -0.25) is 4.79 Å². The lowest BCUT2D eigenvalue weighted by Crippen LogP contribution is -2.36. The van der Waals surface area contributed by atoms with Crippen LogP contribution in [0.2, 0.25) is 0 Å². The van der Waals surface area contributed by atoms with Gasteiger partial charge in [0, 0.05) is 26.1 Å². The van der Waals surface area contributed by atoms with Crippen molar-refractivity contribution in [3.63, 3.8) is 0 Å². The van der Waals surface area contributed by atoms with Gasteiger partial charge in [0.05, 0.1) is 25.3 Å². The largest absolute Gasteiger partial charge is 0.493 e. The van der Waals surface area contributed by atoms with Crippen molar-refractivity contribution in [2.45, 2.75) is 38.5 Å². The van der Waals surface area contributed by atoms with Crippen molar-refractivity contribution in [3.05, 3.63) is 59.2 Å². The summed E-state index contributed by atoms with van der Waals surface area (Å²) in [5, 5.41) is 3.32. The van der Waals surface area contributed by atoms with Gasteiger partial charge in [-0.05, 0) is 48.7 Å². The van der Waals surface area contributed by atoms with Gasteiger partial charge in [-0.15, -0.1) is 0 Å². The van der Waals surface area contributed by atoms with Crippen LogP contribution in [0.1, 0.15) is 42.5 Å². The molecule has 168 valence electrons. The number of carbonyl (C=O) groups excluding carboxylic acids is 1. The maximum Gasteiger partial charge on any atom is 0.416 e. The third-order valence-electron chi connectivity index (χ3n) is 5.27. The van der Waals surface area contributed by atoms with Crippen molar-refractivity contribution in [2.24, 2.45) is 0 Å². The third kappa shape index (κ3) is 5.91. The van der Waals surface area contributed by atoms with Crippen LogP contribution >= 0.6 is 0 Å². The zero-order chi connectivity index (χ0) is 22.4. The monoisotopic (exact) mass is 436 g/mol. The van der Waals surface area contributed by atoms with Gasteiger partial charge < -0.3 is 19.7 Å². The van der Waals surface area contributed by atoms with Gasteiger partial charge in [-0.2, -0.15) is 13.2 Å². The second kappa shape index (κ2) is 10.0. The van der Waals surface area contributed by atoms with Crippen LogP contribution in [-0.2, 0) is 17.5 Å². The first kappa shape index (κ1) is 22.9. The molecule has 1 atom stereocenters. The molecule has 5 nitrogen and oxygen atoms in total. The highest BCUT2D eigenvalue weighted by molar-refractivity contribution is 5.78. The summed E-state index contributed by atoms with van der Waals surface area (Å²) in [5.41, 5.74) is 0.685. The van der Waals surface area contributed by atoms with Crippen molar-refractivity contribution in [3.8, 4) is 11.5 Å². The van der Waals surface area contributed by atoms with E-state index in [2.05, 4.69) is 5.32 Å². The molecule has 0 saturated carbocycles. The van der Waals surface area contributed by atoms with Gasteiger partial charge in [0.2, 0.25) is 5.91 Å². The van der Waals surface area contributed by atoms with Gasteiger partial charge in [0.25, 0.3) is 0 Å². The van der Waals surface area contributed by atoms with Crippen LogP contribution in [0.15, 0.2) is 42.5 Å². The Morgan fingerprint density at radius 2 is 1.97 bits per heavy atom. The zero-order valence-electron chi connectivity index (χ0n) is 17.7. The van der Waals surface area contributed by atoms with Crippen molar-refractivity contribution >= 4 is 5.91 Å². The van der Waals surface area contributed by atoms with Gasteiger partial charge in [0.15, 0.2) is 11.5 Å². The molecule has 0 aliphatic carbocycles.